The van der Waals surface area contributed by atoms with Crippen LogP contribution in [0.2, 0.25) is 0 Å². The molecular formula is C29H28FN7O2. The van der Waals surface area contributed by atoms with E-state index in [2.05, 4.69) is 30.4 Å². The normalized spacial score (nSPS) is 16.2. The van der Waals surface area contributed by atoms with Crippen LogP contribution in [0.3, 0.4) is 0 Å². The first-order valence-electron chi connectivity index (χ1n) is 12.8. The second-order valence-electron chi connectivity index (χ2n) is 9.86. The van der Waals surface area contributed by atoms with Gasteiger partial charge in [0.1, 0.15) is 5.69 Å². The third-order valence-electron chi connectivity index (χ3n) is 7.44. The molecular weight excluding hydrogens is 497 g/mol. The molecule has 2 aromatic heterocycles. The summed E-state index contributed by atoms with van der Waals surface area (Å²) in [6.45, 7) is 4.75. The first-order valence-corrected chi connectivity index (χ1v) is 12.8. The van der Waals surface area contributed by atoms with Crippen molar-refractivity contribution in [3.8, 4) is 11.1 Å². The van der Waals surface area contributed by atoms with Crippen LogP contribution in [0.15, 0.2) is 67.0 Å². The summed E-state index contributed by atoms with van der Waals surface area (Å²) in [6.07, 6.45) is 2.37. The van der Waals surface area contributed by atoms with Crippen LogP contribution in [0.25, 0.3) is 11.1 Å². The zero-order valence-electron chi connectivity index (χ0n) is 21.7. The second kappa shape index (κ2) is 9.86. The van der Waals surface area contributed by atoms with Crippen LogP contribution < -0.4 is 20.4 Å². The van der Waals surface area contributed by atoms with E-state index >= 15 is 0 Å². The highest BCUT2D eigenvalue weighted by Gasteiger charge is 2.33. The minimum absolute atomic E-state index is 0.180. The number of rotatable bonds is 5. The molecule has 2 aliphatic heterocycles. The van der Waals surface area contributed by atoms with Crippen molar-refractivity contribution in [1.29, 1.82) is 0 Å². The molecule has 1 amide bonds. The highest BCUT2D eigenvalue weighted by molar-refractivity contribution is 6.47. The summed E-state index contributed by atoms with van der Waals surface area (Å²) in [5.41, 5.74) is 5.34. The lowest BCUT2D eigenvalue weighted by Crippen LogP contribution is -2.58. The lowest BCUT2D eigenvalue weighted by atomic mass is 10.0. The van der Waals surface area contributed by atoms with E-state index in [0.717, 1.165) is 34.7 Å². The average Bonchev–Trinajstić information content (AvgIpc) is 3.26. The minimum atomic E-state index is -0.685. The van der Waals surface area contributed by atoms with E-state index in [0.29, 0.717) is 37.0 Å². The van der Waals surface area contributed by atoms with Crippen molar-refractivity contribution in [2.24, 2.45) is 7.05 Å². The number of anilines is 4. The number of piperazine rings is 1. The van der Waals surface area contributed by atoms with Gasteiger partial charge in [0.05, 0.1) is 29.8 Å². The summed E-state index contributed by atoms with van der Waals surface area (Å²) in [6, 6.07) is 17.3. The number of nitrogens with zero attached hydrogens (tertiary/aromatic N) is 5. The number of benzene rings is 2. The number of Topliss-reactive ketones (excluding diaryl/α,β-unsaturated/α-hetero) is 1. The highest BCUT2D eigenvalue weighted by atomic mass is 19.1. The zero-order chi connectivity index (χ0) is 27.1. The van der Waals surface area contributed by atoms with Gasteiger partial charge in [-0.15, -0.1) is 0 Å². The molecule has 1 fully saturated rings. The molecule has 0 saturated carbocycles. The summed E-state index contributed by atoms with van der Waals surface area (Å²) in [5, 5.41) is 6.25. The maximum atomic E-state index is 13.3. The van der Waals surface area contributed by atoms with Gasteiger partial charge >= 0.3 is 0 Å². The van der Waals surface area contributed by atoms with E-state index in [1.807, 2.05) is 61.5 Å². The van der Waals surface area contributed by atoms with Crippen molar-refractivity contribution < 1.29 is 14.0 Å². The van der Waals surface area contributed by atoms with Crippen LogP contribution >= 0.6 is 0 Å². The fourth-order valence-corrected chi connectivity index (χ4v) is 5.37. The van der Waals surface area contributed by atoms with Crippen LogP contribution in [-0.4, -0.2) is 58.4 Å². The Kier molecular flexibility index (Phi) is 6.22. The predicted octanol–water partition coefficient (Wildman–Crippen LogP) is 3.87. The quantitative estimate of drug-likeness (QED) is 0.302. The van der Waals surface area contributed by atoms with E-state index in [-0.39, 0.29) is 6.04 Å². The van der Waals surface area contributed by atoms with E-state index in [4.69, 9.17) is 0 Å². The Labute approximate surface area is 225 Å². The summed E-state index contributed by atoms with van der Waals surface area (Å²) in [7, 11) is 1.80. The third kappa shape index (κ3) is 4.58. The van der Waals surface area contributed by atoms with Crippen molar-refractivity contribution in [2.45, 2.75) is 13.0 Å². The van der Waals surface area contributed by atoms with Crippen LogP contribution in [0.1, 0.15) is 16.2 Å². The third-order valence-corrected chi connectivity index (χ3v) is 7.44. The van der Waals surface area contributed by atoms with Crippen molar-refractivity contribution in [3.05, 3.63) is 84.2 Å². The Hall–Kier alpha value is -4.73. The molecule has 6 rings (SSSR count). The number of aryl methyl sites for hydroxylation is 1. The summed E-state index contributed by atoms with van der Waals surface area (Å²) in [5.74, 6) is -1.21. The number of carbonyl (C=O) groups is 2. The van der Waals surface area contributed by atoms with E-state index in [9.17, 15) is 14.0 Å². The fraction of sp³-hybridized carbons (Fsp3) is 0.241. The van der Waals surface area contributed by atoms with Crippen molar-refractivity contribution in [3.63, 3.8) is 0 Å². The molecule has 10 heteroatoms. The maximum absolute atomic E-state index is 13.3. The molecule has 1 unspecified atom stereocenters. The average molecular weight is 526 g/mol. The lowest BCUT2D eigenvalue weighted by molar-refractivity contribution is -0.112. The largest absolute Gasteiger partial charge is 0.381 e. The number of fused-ring (bicyclic) bond motifs is 3. The molecule has 2 aliphatic rings. The monoisotopic (exact) mass is 525 g/mol. The highest BCUT2D eigenvalue weighted by Crippen LogP contribution is 2.36. The Balaban J connectivity index is 1.18. The van der Waals surface area contributed by atoms with Gasteiger partial charge in [-0.25, -0.2) is 14.4 Å². The standard InChI is InChI=1S/C29H28FN7O2/c1-18-12-23(19-6-4-3-5-7-19)26(35(18)2)27(38)28(39)34-21-8-9-25-24(13-21)31-16-22-17-36(10-11-37(22)25)29-32-14-20(30)15-33-29/h3-9,12-15,22,31H,10-11,16-17H2,1-2H3,(H,34,39). The molecule has 0 bridgehead atoms. The summed E-state index contributed by atoms with van der Waals surface area (Å²) >= 11 is 0. The lowest BCUT2D eigenvalue weighted by Gasteiger charge is -2.46. The van der Waals surface area contributed by atoms with E-state index in [1.165, 1.54) is 12.4 Å². The van der Waals surface area contributed by atoms with Gasteiger partial charge < -0.3 is 25.0 Å². The van der Waals surface area contributed by atoms with Gasteiger partial charge in [-0.05, 0) is 36.8 Å². The van der Waals surface area contributed by atoms with Gasteiger partial charge in [0.25, 0.3) is 11.7 Å². The van der Waals surface area contributed by atoms with Crippen LogP contribution in [0, 0.1) is 12.7 Å². The van der Waals surface area contributed by atoms with Crippen LogP contribution in [-0.2, 0) is 11.8 Å². The maximum Gasteiger partial charge on any atom is 0.298 e. The van der Waals surface area contributed by atoms with Crippen LogP contribution in [0.4, 0.5) is 27.4 Å². The smallest absolute Gasteiger partial charge is 0.298 e. The van der Waals surface area contributed by atoms with Gasteiger partial charge in [0.15, 0.2) is 5.82 Å². The molecule has 0 spiro atoms. The van der Waals surface area contributed by atoms with E-state index < -0.39 is 17.5 Å². The topological polar surface area (TPSA) is 95.4 Å². The Morgan fingerprint density at radius 3 is 2.59 bits per heavy atom. The Bertz CT molecular complexity index is 1550. The van der Waals surface area contributed by atoms with Crippen LogP contribution in [0.5, 0.6) is 0 Å². The molecule has 4 heterocycles. The molecule has 4 aromatic rings. The van der Waals surface area contributed by atoms with Gasteiger partial charge in [0.2, 0.25) is 5.95 Å². The first kappa shape index (κ1) is 24.6. The molecule has 9 nitrogen and oxygen atoms in total. The number of carbonyl (C=O) groups excluding carboxylic acids is 2. The SMILES string of the molecule is Cc1cc(-c2ccccc2)c(C(=O)C(=O)Nc2ccc3c(c2)NCC2CN(c4ncc(F)cn4)CCN32)n1C. The van der Waals surface area contributed by atoms with Gasteiger partial charge in [-0.3, -0.25) is 9.59 Å². The number of hydrogen-bond donors (Lipinski definition) is 2. The molecule has 0 aliphatic carbocycles. The van der Waals surface area contributed by atoms with Gasteiger partial charge in [0, 0.05) is 50.2 Å². The number of ketones is 1. The first-order chi connectivity index (χ1) is 18.9. The zero-order valence-corrected chi connectivity index (χ0v) is 21.7. The van der Waals surface area contributed by atoms with Crippen molar-refractivity contribution >= 4 is 34.7 Å². The fourth-order valence-electron chi connectivity index (χ4n) is 5.37. The number of hydrogen-bond acceptors (Lipinski definition) is 7. The number of halogens is 1. The minimum Gasteiger partial charge on any atom is -0.381 e. The number of amides is 1. The van der Waals surface area contributed by atoms with Gasteiger partial charge in [-0.1, -0.05) is 30.3 Å². The second-order valence-corrected chi connectivity index (χ2v) is 9.86. The molecule has 2 aromatic carbocycles. The molecule has 198 valence electrons. The Morgan fingerprint density at radius 2 is 1.82 bits per heavy atom. The molecule has 39 heavy (non-hydrogen) atoms. The Morgan fingerprint density at radius 1 is 1.05 bits per heavy atom. The van der Waals surface area contributed by atoms with E-state index in [1.54, 1.807) is 11.6 Å². The number of aromatic nitrogens is 3. The van der Waals surface area contributed by atoms with Gasteiger partial charge in [-0.2, -0.15) is 0 Å². The predicted molar refractivity (Wildman–Crippen MR) is 149 cm³/mol. The molecule has 1 saturated heterocycles. The molecule has 1 atom stereocenters. The van der Waals surface area contributed by atoms with Crippen molar-refractivity contribution in [1.82, 2.24) is 14.5 Å². The molecule has 0 radical (unpaired) electrons. The van der Waals surface area contributed by atoms with Crippen molar-refractivity contribution in [2.75, 3.05) is 46.6 Å². The number of nitrogens with one attached hydrogen (secondary N) is 2. The molecule has 2 N–H and O–H groups in total. The summed E-state index contributed by atoms with van der Waals surface area (Å²) in [4.78, 5) is 39.0. The summed E-state index contributed by atoms with van der Waals surface area (Å²) < 4.78 is 15.0.